The Morgan fingerprint density at radius 1 is 1.11 bits per heavy atom. The van der Waals surface area contributed by atoms with Gasteiger partial charge in [-0.25, -0.2) is 0 Å². The maximum atomic E-state index is 12.9. The first-order valence-electron chi connectivity index (χ1n) is 10.3. The number of thiophene rings is 1. The lowest BCUT2D eigenvalue weighted by atomic mass is 9.82. The van der Waals surface area contributed by atoms with Gasteiger partial charge in [0.15, 0.2) is 0 Å². The smallest absolute Gasteiger partial charge is 0.225 e. The van der Waals surface area contributed by atoms with Crippen molar-refractivity contribution in [1.82, 2.24) is 9.80 Å². The van der Waals surface area contributed by atoms with Gasteiger partial charge in [-0.05, 0) is 54.1 Å². The highest BCUT2D eigenvalue weighted by Gasteiger charge is 2.49. The summed E-state index contributed by atoms with van der Waals surface area (Å²) in [7, 11) is 0. The Kier molecular flexibility index (Phi) is 4.57. The third-order valence-electron chi connectivity index (χ3n) is 6.72. The molecule has 0 spiro atoms. The molecule has 1 amide bonds. The van der Waals surface area contributed by atoms with Gasteiger partial charge < -0.3 is 4.90 Å². The molecule has 3 aliphatic rings. The third kappa shape index (κ3) is 3.45. The van der Waals surface area contributed by atoms with E-state index in [0.29, 0.717) is 29.7 Å². The van der Waals surface area contributed by atoms with Gasteiger partial charge in [0.05, 0.1) is 0 Å². The molecule has 27 heavy (non-hydrogen) atoms. The van der Waals surface area contributed by atoms with E-state index < -0.39 is 0 Å². The van der Waals surface area contributed by atoms with Gasteiger partial charge >= 0.3 is 0 Å². The van der Waals surface area contributed by atoms with E-state index in [1.807, 2.05) is 0 Å². The molecule has 2 aliphatic heterocycles. The quantitative estimate of drug-likeness (QED) is 0.790. The molecule has 0 radical (unpaired) electrons. The number of benzene rings is 1. The van der Waals surface area contributed by atoms with Crippen molar-refractivity contribution in [3.63, 3.8) is 0 Å². The summed E-state index contributed by atoms with van der Waals surface area (Å²) in [6.45, 7) is 6.30. The number of aryl methyl sites for hydroxylation is 1. The number of nitrogens with zero attached hydrogens (tertiary/aromatic N) is 2. The molecule has 3 fully saturated rings. The first kappa shape index (κ1) is 17.4. The molecule has 3 atom stereocenters. The molecular weight excluding hydrogens is 352 g/mol. The van der Waals surface area contributed by atoms with Crippen LogP contribution in [0.15, 0.2) is 41.1 Å². The predicted octanol–water partition coefficient (Wildman–Crippen LogP) is 4.28. The van der Waals surface area contributed by atoms with Gasteiger partial charge in [0, 0.05) is 50.0 Å². The summed E-state index contributed by atoms with van der Waals surface area (Å²) in [6.07, 6.45) is 3.33. The summed E-state index contributed by atoms with van der Waals surface area (Å²) in [5.41, 5.74) is 4.16. The zero-order valence-corrected chi connectivity index (χ0v) is 16.8. The van der Waals surface area contributed by atoms with E-state index in [0.717, 1.165) is 45.4 Å². The van der Waals surface area contributed by atoms with Crippen LogP contribution in [-0.4, -0.2) is 41.4 Å². The molecule has 2 saturated heterocycles. The lowest BCUT2D eigenvalue weighted by Crippen LogP contribution is -2.48. The highest BCUT2D eigenvalue weighted by Crippen LogP contribution is 2.44. The molecule has 1 aliphatic carbocycles. The number of piperidine rings is 1. The molecular formula is C23H28N2OS. The van der Waals surface area contributed by atoms with Crippen LogP contribution in [-0.2, 0) is 11.3 Å². The Balaban J connectivity index is 1.35. The Labute approximate surface area is 166 Å². The van der Waals surface area contributed by atoms with E-state index in [1.54, 1.807) is 11.3 Å². The Morgan fingerprint density at radius 3 is 2.63 bits per heavy atom. The third-order valence-corrected chi connectivity index (χ3v) is 7.42. The second-order valence-electron chi connectivity index (χ2n) is 8.67. The molecule has 1 saturated carbocycles. The normalized spacial score (nSPS) is 28.3. The van der Waals surface area contributed by atoms with Gasteiger partial charge in [-0.15, -0.1) is 0 Å². The van der Waals surface area contributed by atoms with Crippen molar-refractivity contribution in [1.29, 1.82) is 0 Å². The largest absolute Gasteiger partial charge is 0.338 e. The first-order valence-corrected chi connectivity index (χ1v) is 11.2. The summed E-state index contributed by atoms with van der Waals surface area (Å²) in [6, 6.07) is 11.7. The van der Waals surface area contributed by atoms with Crippen LogP contribution in [0.1, 0.15) is 41.9 Å². The molecule has 0 unspecified atom stereocenters. The van der Waals surface area contributed by atoms with E-state index >= 15 is 0 Å². The molecule has 4 heteroatoms. The zero-order chi connectivity index (χ0) is 18.4. The van der Waals surface area contributed by atoms with Gasteiger partial charge in [0.2, 0.25) is 5.91 Å². The van der Waals surface area contributed by atoms with Gasteiger partial charge in [-0.2, -0.15) is 11.3 Å². The average Bonchev–Trinajstić information content (AvgIpc) is 3.26. The number of carbonyl (C=O) groups excluding carboxylic acids is 1. The number of carbonyl (C=O) groups is 1. The fraction of sp³-hybridized carbons (Fsp3) is 0.522. The van der Waals surface area contributed by atoms with Crippen molar-refractivity contribution in [2.24, 2.45) is 11.8 Å². The Hall–Kier alpha value is -1.65. The van der Waals surface area contributed by atoms with Crippen LogP contribution in [0.4, 0.5) is 0 Å². The van der Waals surface area contributed by atoms with Crippen LogP contribution < -0.4 is 0 Å². The minimum absolute atomic E-state index is 0.331. The minimum Gasteiger partial charge on any atom is -0.338 e. The number of amides is 1. The maximum Gasteiger partial charge on any atom is 0.225 e. The van der Waals surface area contributed by atoms with Crippen molar-refractivity contribution >= 4 is 17.2 Å². The highest BCUT2D eigenvalue weighted by atomic mass is 32.1. The zero-order valence-electron chi connectivity index (χ0n) is 16.0. The van der Waals surface area contributed by atoms with Crippen LogP contribution in [0.5, 0.6) is 0 Å². The average molecular weight is 381 g/mol. The Morgan fingerprint density at radius 2 is 1.93 bits per heavy atom. The molecule has 5 rings (SSSR count). The van der Waals surface area contributed by atoms with Gasteiger partial charge in [0.25, 0.3) is 0 Å². The number of rotatable bonds is 4. The summed E-state index contributed by atoms with van der Waals surface area (Å²) in [5.74, 6) is 1.85. The SMILES string of the molecule is Cc1ccc(CN2CC[C@H]3[C@@H](C2)[C@H](c2ccsc2)CN3C(=O)C2CC2)cc1. The van der Waals surface area contributed by atoms with E-state index in [-0.39, 0.29) is 0 Å². The number of hydrogen-bond acceptors (Lipinski definition) is 3. The molecule has 3 heterocycles. The van der Waals surface area contributed by atoms with E-state index in [2.05, 4.69) is 57.8 Å². The number of fused-ring (bicyclic) bond motifs is 1. The molecule has 1 aromatic heterocycles. The highest BCUT2D eigenvalue weighted by molar-refractivity contribution is 7.08. The van der Waals surface area contributed by atoms with Gasteiger partial charge in [-0.1, -0.05) is 29.8 Å². The molecule has 2 aromatic rings. The predicted molar refractivity (Wildman–Crippen MR) is 110 cm³/mol. The fourth-order valence-corrected chi connectivity index (χ4v) is 5.78. The van der Waals surface area contributed by atoms with Crippen molar-refractivity contribution in [2.45, 2.75) is 44.7 Å². The molecule has 1 aromatic carbocycles. The first-order chi connectivity index (χ1) is 13.2. The molecule has 0 N–H and O–H groups in total. The van der Waals surface area contributed by atoms with Crippen molar-refractivity contribution in [3.8, 4) is 0 Å². The van der Waals surface area contributed by atoms with E-state index in [9.17, 15) is 4.79 Å². The topological polar surface area (TPSA) is 23.6 Å². The molecule has 3 nitrogen and oxygen atoms in total. The lowest BCUT2D eigenvalue weighted by molar-refractivity contribution is -0.134. The lowest BCUT2D eigenvalue weighted by Gasteiger charge is -2.39. The van der Waals surface area contributed by atoms with Gasteiger partial charge in [0.1, 0.15) is 0 Å². The monoisotopic (exact) mass is 380 g/mol. The molecule has 142 valence electrons. The fourth-order valence-electron chi connectivity index (χ4n) is 5.06. The standard InChI is InChI=1S/C23H28N2OS/c1-16-2-4-17(5-3-16)12-24-10-8-22-21(13-24)20(19-9-11-27-15-19)14-25(22)23(26)18-6-7-18/h2-5,9,11,15,18,20-22H,6-8,10,12-14H2,1H3/t20-,21-,22-/m0/s1. The van der Waals surface area contributed by atoms with Crippen LogP contribution in [0, 0.1) is 18.8 Å². The van der Waals surface area contributed by atoms with E-state index in [1.165, 1.54) is 16.7 Å². The van der Waals surface area contributed by atoms with E-state index in [4.69, 9.17) is 0 Å². The van der Waals surface area contributed by atoms with Crippen molar-refractivity contribution in [2.75, 3.05) is 19.6 Å². The van der Waals surface area contributed by atoms with Crippen molar-refractivity contribution in [3.05, 3.63) is 57.8 Å². The van der Waals surface area contributed by atoms with Crippen LogP contribution in [0.2, 0.25) is 0 Å². The summed E-state index contributed by atoms with van der Waals surface area (Å²) in [5, 5.41) is 4.48. The summed E-state index contributed by atoms with van der Waals surface area (Å²) in [4.78, 5) is 17.8. The van der Waals surface area contributed by atoms with Crippen LogP contribution in [0.25, 0.3) is 0 Å². The second-order valence-corrected chi connectivity index (χ2v) is 9.45. The minimum atomic E-state index is 0.331. The van der Waals surface area contributed by atoms with Gasteiger partial charge in [-0.3, -0.25) is 9.69 Å². The van der Waals surface area contributed by atoms with Crippen molar-refractivity contribution < 1.29 is 4.79 Å². The van der Waals surface area contributed by atoms with Crippen LogP contribution >= 0.6 is 11.3 Å². The maximum absolute atomic E-state index is 12.9. The number of hydrogen-bond donors (Lipinski definition) is 0. The van der Waals surface area contributed by atoms with Crippen LogP contribution in [0.3, 0.4) is 0 Å². The summed E-state index contributed by atoms with van der Waals surface area (Å²) >= 11 is 1.78. The molecule has 0 bridgehead atoms. The number of likely N-dealkylation sites (tertiary alicyclic amines) is 2. The Bertz CT molecular complexity index is 796. The second kappa shape index (κ2) is 7.06. The summed E-state index contributed by atoms with van der Waals surface area (Å²) < 4.78 is 0.